The summed E-state index contributed by atoms with van der Waals surface area (Å²) < 4.78 is 0. The van der Waals surface area contributed by atoms with E-state index in [0.29, 0.717) is 12.1 Å². The maximum atomic E-state index is 5.79. The molecule has 2 atom stereocenters. The van der Waals surface area contributed by atoms with Gasteiger partial charge in [0.1, 0.15) is 0 Å². The summed E-state index contributed by atoms with van der Waals surface area (Å²) in [7, 11) is 4.43. The first kappa shape index (κ1) is 16.4. The molecule has 0 aliphatic carbocycles. The first-order valence-electron chi connectivity index (χ1n) is 8.05. The van der Waals surface area contributed by atoms with Crippen molar-refractivity contribution in [2.45, 2.75) is 38.3 Å². The van der Waals surface area contributed by atoms with Crippen LogP contribution in [0.2, 0.25) is 0 Å². The number of hydrogen-bond acceptors (Lipinski definition) is 4. The van der Waals surface area contributed by atoms with Crippen LogP contribution in [0.3, 0.4) is 0 Å². The standard InChI is InChI=1S/C17H30N4/c1-4-14-5-7-15(8-6-14)11-16(19-18)12-17-13-20(2)9-10-21(17)3/h5-8,16-17,19H,4,9-13,18H2,1-3H3. The fourth-order valence-electron chi connectivity index (χ4n) is 3.09. The molecule has 1 aromatic carbocycles. The van der Waals surface area contributed by atoms with Crippen molar-refractivity contribution in [1.82, 2.24) is 15.2 Å². The SMILES string of the molecule is CCc1ccc(CC(CC2CN(C)CCN2C)NN)cc1. The molecule has 1 aromatic rings. The second-order valence-corrected chi connectivity index (χ2v) is 6.37. The molecule has 1 heterocycles. The topological polar surface area (TPSA) is 44.5 Å². The lowest BCUT2D eigenvalue weighted by Crippen LogP contribution is -2.53. The molecule has 3 N–H and O–H groups in total. The Hall–Kier alpha value is -0.940. The fourth-order valence-corrected chi connectivity index (χ4v) is 3.09. The van der Waals surface area contributed by atoms with Crippen LogP contribution in [0.15, 0.2) is 24.3 Å². The van der Waals surface area contributed by atoms with Gasteiger partial charge in [0.05, 0.1) is 0 Å². The van der Waals surface area contributed by atoms with Gasteiger partial charge in [-0.25, -0.2) is 0 Å². The molecule has 1 aliphatic rings. The van der Waals surface area contributed by atoms with Crippen molar-refractivity contribution in [3.8, 4) is 0 Å². The van der Waals surface area contributed by atoms with E-state index in [1.807, 2.05) is 0 Å². The summed E-state index contributed by atoms with van der Waals surface area (Å²) >= 11 is 0. The number of hydrogen-bond donors (Lipinski definition) is 2. The Morgan fingerprint density at radius 1 is 1.19 bits per heavy atom. The van der Waals surface area contributed by atoms with Crippen LogP contribution < -0.4 is 11.3 Å². The molecule has 1 saturated heterocycles. The summed E-state index contributed by atoms with van der Waals surface area (Å²) in [6, 6.07) is 9.84. The van der Waals surface area contributed by atoms with E-state index in [0.717, 1.165) is 38.9 Å². The number of piperazine rings is 1. The van der Waals surface area contributed by atoms with Crippen molar-refractivity contribution >= 4 is 0 Å². The first-order valence-corrected chi connectivity index (χ1v) is 8.05. The van der Waals surface area contributed by atoms with E-state index in [2.05, 4.69) is 60.5 Å². The smallest absolute Gasteiger partial charge is 0.0266 e. The van der Waals surface area contributed by atoms with Crippen molar-refractivity contribution in [1.29, 1.82) is 0 Å². The molecule has 2 rings (SSSR count). The second-order valence-electron chi connectivity index (χ2n) is 6.37. The Balaban J connectivity index is 1.92. The molecule has 0 bridgehead atoms. The van der Waals surface area contributed by atoms with Crippen molar-refractivity contribution in [3.05, 3.63) is 35.4 Å². The number of rotatable bonds is 6. The molecule has 1 aliphatic heterocycles. The zero-order valence-electron chi connectivity index (χ0n) is 13.7. The van der Waals surface area contributed by atoms with Crippen LogP contribution in [0.4, 0.5) is 0 Å². The second kappa shape index (κ2) is 7.90. The zero-order valence-corrected chi connectivity index (χ0v) is 13.7. The van der Waals surface area contributed by atoms with Gasteiger partial charge in [-0.05, 0) is 44.5 Å². The maximum absolute atomic E-state index is 5.79. The van der Waals surface area contributed by atoms with Gasteiger partial charge in [0.25, 0.3) is 0 Å². The largest absolute Gasteiger partial charge is 0.304 e. The summed E-state index contributed by atoms with van der Waals surface area (Å²) in [6.07, 6.45) is 3.18. The van der Waals surface area contributed by atoms with Crippen LogP contribution in [-0.2, 0) is 12.8 Å². The van der Waals surface area contributed by atoms with E-state index in [9.17, 15) is 0 Å². The Labute approximate surface area is 129 Å². The van der Waals surface area contributed by atoms with E-state index in [1.165, 1.54) is 11.1 Å². The Morgan fingerprint density at radius 3 is 2.48 bits per heavy atom. The molecule has 0 aromatic heterocycles. The molecule has 2 unspecified atom stereocenters. The summed E-state index contributed by atoms with van der Waals surface area (Å²) in [5.41, 5.74) is 5.77. The number of nitrogens with one attached hydrogen (secondary N) is 1. The van der Waals surface area contributed by atoms with E-state index in [1.54, 1.807) is 0 Å². The predicted molar refractivity (Wildman–Crippen MR) is 89.2 cm³/mol. The van der Waals surface area contributed by atoms with Crippen LogP contribution in [-0.4, -0.2) is 55.6 Å². The van der Waals surface area contributed by atoms with Crippen LogP contribution in [0, 0.1) is 0 Å². The van der Waals surface area contributed by atoms with E-state index in [4.69, 9.17) is 5.84 Å². The summed E-state index contributed by atoms with van der Waals surface area (Å²) in [4.78, 5) is 4.87. The van der Waals surface area contributed by atoms with Crippen LogP contribution >= 0.6 is 0 Å². The molecule has 1 fully saturated rings. The van der Waals surface area contributed by atoms with Crippen molar-refractivity contribution in [2.75, 3.05) is 33.7 Å². The van der Waals surface area contributed by atoms with E-state index >= 15 is 0 Å². The van der Waals surface area contributed by atoms with Gasteiger partial charge in [0, 0.05) is 31.7 Å². The third-order valence-electron chi connectivity index (χ3n) is 4.69. The van der Waals surface area contributed by atoms with E-state index < -0.39 is 0 Å². The lowest BCUT2D eigenvalue weighted by atomic mass is 9.97. The van der Waals surface area contributed by atoms with Crippen LogP contribution in [0.1, 0.15) is 24.5 Å². The quantitative estimate of drug-likeness (QED) is 0.611. The normalized spacial score (nSPS) is 22.4. The van der Waals surface area contributed by atoms with Gasteiger partial charge in [-0.3, -0.25) is 11.3 Å². The van der Waals surface area contributed by atoms with Gasteiger partial charge < -0.3 is 9.80 Å². The average Bonchev–Trinajstić information content (AvgIpc) is 2.51. The third kappa shape index (κ3) is 4.78. The molecular weight excluding hydrogens is 260 g/mol. The Bertz CT molecular complexity index is 417. The van der Waals surface area contributed by atoms with E-state index in [-0.39, 0.29) is 0 Å². The molecular formula is C17H30N4. The summed E-state index contributed by atoms with van der Waals surface area (Å²) in [5, 5.41) is 0. The van der Waals surface area contributed by atoms with Gasteiger partial charge in [0.15, 0.2) is 0 Å². The van der Waals surface area contributed by atoms with Gasteiger partial charge in [-0.1, -0.05) is 31.2 Å². The maximum Gasteiger partial charge on any atom is 0.0266 e. The molecule has 118 valence electrons. The molecule has 21 heavy (non-hydrogen) atoms. The van der Waals surface area contributed by atoms with Crippen molar-refractivity contribution < 1.29 is 0 Å². The minimum absolute atomic E-state index is 0.330. The third-order valence-corrected chi connectivity index (χ3v) is 4.69. The summed E-state index contributed by atoms with van der Waals surface area (Å²) in [5.74, 6) is 5.79. The monoisotopic (exact) mass is 290 g/mol. The molecule has 0 spiro atoms. The molecule has 0 amide bonds. The number of nitrogens with zero attached hydrogens (tertiary/aromatic N) is 2. The number of nitrogens with two attached hydrogens (primary N) is 1. The average molecular weight is 290 g/mol. The lowest BCUT2D eigenvalue weighted by Gasteiger charge is -2.39. The van der Waals surface area contributed by atoms with Gasteiger partial charge in [-0.2, -0.15) is 0 Å². The number of aryl methyl sites for hydroxylation is 1. The molecule has 4 nitrogen and oxygen atoms in total. The van der Waals surface area contributed by atoms with Gasteiger partial charge in [0.2, 0.25) is 0 Å². The molecule has 0 radical (unpaired) electrons. The Kier molecular flexibility index (Phi) is 6.18. The first-order chi connectivity index (χ1) is 10.1. The highest BCUT2D eigenvalue weighted by Gasteiger charge is 2.24. The molecule has 4 heteroatoms. The zero-order chi connectivity index (χ0) is 15.2. The van der Waals surface area contributed by atoms with Crippen LogP contribution in [0.25, 0.3) is 0 Å². The number of benzene rings is 1. The Morgan fingerprint density at radius 2 is 1.86 bits per heavy atom. The highest BCUT2D eigenvalue weighted by molar-refractivity contribution is 5.23. The number of hydrazine groups is 1. The highest BCUT2D eigenvalue weighted by atomic mass is 15.3. The van der Waals surface area contributed by atoms with Crippen molar-refractivity contribution in [2.24, 2.45) is 5.84 Å². The summed E-state index contributed by atoms with van der Waals surface area (Å²) in [6.45, 7) is 5.62. The minimum Gasteiger partial charge on any atom is -0.304 e. The number of likely N-dealkylation sites (N-methyl/N-ethyl adjacent to an activating group) is 2. The molecule has 0 saturated carbocycles. The van der Waals surface area contributed by atoms with Gasteiger partial charge in [-0.15, -0.1) is 0 Å². The van der Waals surface area contributed by atoms with Gasteiger partial charge >= 0.3 is 0 Å². The fraction of sp³-hybridized carbons (Fsp3) is 0.647. The lowest BCUT2D eigenvalue weighted by molar-refractivity contribution is 0.101. The van der Waals surface area contributed by atoms with Crippen molar-refractivity contribution in [3.63, 3.8) is 0 Å². The predicted octanol–water partition coefficient (Wildman–Crippen LogP) is 1.26. The minimum atomic E-state index is 0.330. The van der Waals surface area contributed by atoms with Crippen LogP contribution in [0.5, 0.6) is 0 Å². The highest BCUT2D eigenvalue weighted by Crippen LogP contribution is 2.15.